The van der Waals surface area contributed by atoms with Crippen LogP contribution < -0.4 is 0 Å². The van der Waals surface area contributed by atoms with Gasteiger partial charge in [0.25, 0.3) is 0 Å². The molecule has 0 aromatic heterocycles. The third-order valence-corrected chi connectivity index (χ3v) is 1.46. The topological polar surface area (TPSA) is 29.5 Å². The van der Waals surface area contributed by atoms with Crippen molar-refractivity contribution in [3.63, 3.8) is 0 Å². The van der Waals surface area contributed by atoms with Gasteiger partial charge in [0, 0.05) is 6.54 Å². The van der Waals surface area contributed by atoms with Crippen molar-refractivity contribution in [2.24, 2.45) is 0 Å². The lowest BCUT2D eigenvalue weighted by molar-refractivity contribution is -0.143. The van der Waals surface area contributed by atoms with Gasteiger partial charge in [-0.3, -0.25) is 4.90 Å². The number of alkyl halides is 3. The van der Waals surface area contributed by atoms with E-state index in [9.17, 15) is 18.0 Å². The van der Waals surface area contributed by atoms with E-state index < -0.39 is 24.9 Å². The SMILES string of the molecule is CCCN(CC(F)(F)F)C(=O)OC(C)C. The average molecular weight is 227 g/mol. The molecule has 90 valence electrons. The molecule has 6 heteroatoms. The number of carbonyl (C=O) groups is 1. The van der Waals surface area contributed by atoms with E-state index in [-0.39, 0.29) is 6.54 Å². The predicted molar refractivity (Wildman–Crippen MR) is 49.5 cm³/mol. The maximum Gasteiger partial charge on any atom is 0.410 e. The van der Waals surface area contributed by atoms with Gasteiger partial charge in [0.15, 0.2) is 0 Å². The van der Waals surface area contributed by atoms with Gasteiger partial charge >= 0.3 is 12.3 Å². The fraction of sp³-hybridized carbons (Fsp3) is 0.889. The molecule has 1 amide bonds. The van der Waals surface area contributed by atoms with Crippen molar-refractivity contribution in [2.75, 3.05) is 13.1 Å². The van der Waals surface area contributed by atoms with E-state index in [2.05, 4.69) is 0 Å². The Bertz CT molecular complexity index is 204. The van der Waals surface area contributed by atoms with Crippen LogP contribution in [-0.4, -0.2) is 36.4 Å². The molecule has 0 heterocycles. The molecule has 0 fully saturated rings. The number of rotatable bonds is 4. The number of nitrogens with zero attached hydrogens (tertiary/aromatic N) is 1. The van der Waals surface area contributed by atoms with E-state index in [1.807, 2.05) is 0 Å². The number of ether oxygens (including phenoxy) is 1. The van der Waals surface area contributed by atoms with Gasteiger partial charge in [0.05, 0.1) is 6.10 Å². The Kier molecular flexibility index (Phi) is 5.46. The van der Waals surface area contributed by atoms with Crippen LogP contribution in [0.15, 0.2) is 0 Å². The summed E-state index contributed by atoms with van der Waals surface area (Å²) in [5.74, 6) is 0. The second-order valence-corrected chi connectivity index (χ2v) is 3.47. The van der Waals surface area contributed by atoms with Crippen molar-refractivity contribution in [3.8, 4) is 0 Å². The van der Waals surface area contributed by atoms with Crippen LogP contribution in [0.3, 0.4) is 0 Å². The van der Waals surface area contributed by atoms with Gasteiger partial charge in [-0.1, -0.05) is 6.92 Å². The third-order valence-electron chi connectivity index (χ3n) is 1.46. The van der Waals surface area contributed by atoms with E-state index in [1.165, 1.54) is 0 Å². The van der Waals surface area contributed by atoms with Crippen molar-refractivity contribution >= 4 is 6.09 Å². The van der Waals surface area contributed by atoms with Crippen molar-refractivity contribution in [3.05, 3.63) is 0 Å². The third kappa shape index (κ3) is 7.04. The highest BCUT2D eigenvalue weighted by molar-refractivity contribution is 5.67. The predicted octanol–water partition coefficient (Wildman–Crippen LogP) is 2.81. The van der Waals surface area contributed by atoms with Crippen LogP contribution in [0.4, 0.5) is 18.0 Å². The maximum atomic E-state index is 12.1. The molecule has 15 heavy (non-hydrogen) atoms. The maximum absolute atomic E-state index is 12.1. The Labute approximate surface area is 87.2 Å². The Morgan fingerprint density at radius 3 is 2.27 bits per heavy atom. The van der Waals surface area contributed by atoms with Gasteiger partial charge in [-0.2, -0.15) is 13.2 Å². The lowest BCUT2D eigenvalue weighted by Gasteiger charge is -2.23. The number of amides is 1. The zero-order valence-corrected chi connectivity index (χ0v) is 9.10. The molecule has 0 unspecified atom stereocenters. The molecule has 0 spiro atoms. The van der Waals surface area contributed by atoms with E-state index in [0.717, 1.165) is 0 Å². The first-order chi connectivity index (χ1) is 6.76. The molecule has 0 atom stereocenters. The Hall–Kier alpha value is -0.940. The van der Waals surface area contributed by atoms with Gasteiger partial charge in [-0.05, 0) is 20.3 Å². The zero-order valence-electron chi connectivity index (χ0n) is 9.10. The molecule has 0 aliphatic rings. The second-order valence-electron chi connectivity index (χ2n) is 3.47. The minimum atomic E-state index is -4.38. The van der Waals surface area contributed by atoms with Crippen LogP contribution in [-0.2, 0) is 4.74 Å². The molecule has 0 aromatic rings. The van der Waals surface area contributed by atoms with Crippen LogP contribution in [0, 0.1) is 0 Å². The molecule has 0 saturated heterocycles. The van der Waals surface area contributed by atoms with Crippen LogP contribution in [0.1, 0.15) is 27.2 Å². The molecular weight excluding hydrogens is 211 g/mol. The van der Waals surface area contributed by atoms with E-state index in [4.69, 9.17) is 4.74 Å². The Morgan fingerprint density at radius 2 is 1.93 bits per heavy atom. The summed E-state index contributed by atoms with van der Waals surface area (Å²) in [5.41, 5.74) is 0. The van der Waals surface area contributed by atoms with Crippen LogP contribution >= 0.6 is 0 Å². The lowest BCUT2D eigenvalue weighted by Crippen LogP contribution is -2.40. The molecule has 0 rings (SSSR count). The van der Waals surface area contributed by atoms with Gasteiger partial charge in [-0.15, -0.1) is 0 Å². The molecule has 0 saturated carbocycles. The molecule has 0 aliphatic heterocycles. The molecular formula is C9H16F3NO2. The molecule has 0 radical (unpaired) electrons. The molecule has 0 aliphatic carbocycles. The van der Waals surface area contributed by atoms with Crippen molar-refractivity contribution in [2.45, 2.75) is 39.5 Å². The average Bonchev–Trinajstić information content (AvgIpc) is 1.99. The number of halogens is 3. The fourth-order valence-electron chi connectivity index (χ4n) is 0.997. The van der Waals surface area contributed by atoms with Crippen LogP contribution in [0.5, 0.6) is 0 Å². The van der Waals surface area contributed by atoms with Crippen LogP contribution in [0.2, 0.25) is 0 Å². The summed E-state index contributed by atoms with van der Waals surface area (Å²) in [6.45, 7) is 3.68. The van der Waals surface area contributed by atoms with Crippen LogP contribution in [0.25, 0.3) is 0 Å². The monoisotopic (exact) mass is 227 g/mol. The highest BCUT2D eigenvalue weighted by Crippen LogP contribution is 2.17. The van der Waals surface area contributed by atoms with E-state index in [0.29, 0.717) is 11.3 Å². The summed E-state index contributed by atoms with van der Waals surface area (Å²) in [6, 6.07) is 0. The summed E-state index contributed by atoms with van der Waals surface area (Å²) in [4.78, 5) is 11.9. The highest BCUT2D eigenvalue weighted by atomic mass is 19.4. The Balaban J connectivity index is 4.31. The number of hydrogen-bond donors (Lipinski definition) is 0. The first kappa shape index (κ1) is 14.1. The first-order valence-electron chi connectivity index (χ1n) is 4.78. The van der Waals surface area contributed by atoms with Gasteiger partial charge in [0.1, 0.15) is 6.54 Å². The summed E-state index contributed by atoms with van der Waals surface area (Å²) in [7, 11) is 0. The van der Waals surface area contributed by atoms with E-state index >= 15 is 0 Å². The molecule has 3 nitrogen and oxygen atoms in total. The largest absolute Gasteiger partial charge is 0.447 e. The summed E-state index contributed by atoms with van der Waals surface area (Å²) >= 11 is 0. The molecule has 0 aromatic carbocycles. The summed E-state index contributed by atoms with van der Waals surface area (Å²) in [6.07, 6.45) is -5.25. The Morgan fingerprint density at radius 1 is 1.40 bits per heavy atom. The summed E-state index contributed by atoms with van der Waals surface area (Å²) < 4.78 is 40.9. The lowest BCUT2D eigenvalue weighted by atomic mass is 10.4. The van der Waals surface area contributed by atoms with Gasteiger partial charge < -0.3 is 4.74 Å². The number of carbonyl (C=O) groups excluding carboxylic acids is 1. The van der Waals surface area contributed by atoms with Crippen molar-refractivity contribution in [1.82, 2.24) is 4.90 Å². The second kappa shape index (κ2) is 5.82. The molecule has 0 N–H and O–H groups in total. The van der Waals surface area contributed by atoms with Crippen molar-refractivity contribution < 1.29 is 22.7 Å². The fourth-order valence-corrected chi connectivity index (χ4v) is 0.997. The minimum absolute atomic E-state index is 0.0467. The number of hydrogen-bond acceptors (Lipinski definition) is 2. The quantitative estimate of drug-likeness (QED) is 0.739. The molecule has 0 bridgehead atoms. The minimum Gasteiger partial charge on any atom is -0.447 e. The highest BCUT2D eigenvalue weighted by Gasteiger charge is 2.33. The summed E-state index contributed by atoms with van der Waals surface area (Å²) in [5, 5.41) is 0. The van der Waals surface area contributed by atoms with Gasteiger partial charge in [-0.25, -0.2) is 4.79 Å². The van der Waals surface area contributed by atoms with Gasteiger partial charge in [0.2, 0.25) is 0 Å². The normalized spacial score (nSPS) is 11.7. The first-order valence-corrected chi connectivity index (χ1v) is 4.78. The standard InChI is InChI=1S/C9H16F3NO2/c1-4-5-13(6-9(10,11)12)8(14)15-7(2)3/h7H,4-6H2,1-3H3. The zero-order chi connectivity index (χ0) is 12.1. The van der Waals surface area contributed by atoms with Crippen molar-refractivity contribution in [1.29, 1.82) is 0 Å². The van der Waals surface area contributed by atoms with E-state index in [1.54, 1.807) is 20.8 Å². The smallest absolute Gasteiger partial charge is 0.410 e.